The maximum atomic E-state index is 11.8. The van der Waals surface area contributed by atoms with Gasteiger partial charge in [0.1, 0.15) is 11.5 Å². The summed E-state index contributed by atoms with van der Waals surface area (Å²) in [6, 6.07) is 47.6. The van der Waals surface area contributed by atoms with Gasteiger partial charge >= 0.3 is 5.97 Å². The van der Waals surface area contributed by atoms with E-state index in [4.69, 9.17) is 0 Å². The molecular weight excluding hydrogens is 520 g/mol. The lowest BCUT2D eigenvalue weighted by molar-refractivity contribution is 0.0697. The van der Waals surface area contributed by atoms with E-state index in [1.165, 1.54) is 0 Å². The van der Waals surface area contributed by atoms with Gasteiger partial charge in [-0.25, -0.2) is 4.79 Å². The van der Waals surface area contributed by atoms with E-state index in [1.807, 2.05) is 115 Å². The molecular formula is C38H28O4. The third-order valence-electron chi connectivity index (χ3n) is 7.80. The van der Waals surface area contributed by atoms with Crippen LogP contribution in [0.1, 0.15) is 32.6 Å². The van der Waals surface area contributed by atoms with E-state index < -0.39 is 11.4 Å². The van der Waals surface area contributed by atoms with Gasteiger partial charge in [0.2, 0.25) is 0 Å². The first-order valence-corrected chi connectivity index (χ1v) is 13.7. The Bertz CT molecular complexity index is 1760. The van der Waals surface area contributed by atoms with Gasteiger partial charge in [-0.1, -0.05) is 115 Å². The van der Waals surface area contributed by atoms with E-state index >= 15 is 0 Å². The predicted molar refractivity (Wildman–Crippen MR) is 166 cm³/mol. The van der Waals surface area contributed by atoms with Crippen LogP contribution in [0.15, 0.2) is 152 Å². The molecule has 3 N–H and O–H groups in total. The molecule has 0 unspecified atom stereocenters. The minimum absolute atomic E-state index is 0.156. The molecule has 0 bridgehead atoms. The Morgan fingerprint density at radius 3 is 1.26 bits per heavy atom. The van der Waals surface area contributed by atoms with Crippen molar-refractivity contribution < 1.29 is 20.1 Å². The van der Waals surface area contributed by atoms with Crippen molar-refractivity contribution in [1.82, 2.24) is 0 Å². The van der Waals surface area contributed by atoms with Crippen LogP contribution >= 0.6 is 0 Å². The van der Waals surface area contributed by atoms with Crippen LogP contribution in [0.2, 0.25) is 0 Å². The predicted octanol–water partition coefficient (Wildman–Crippen LogP) is 8.51. The van der Waals surface area contributed by atoms with Crippen LogP contribution in [0, 0.1) is 0 Å². The van der Waals surface area contributed by atoms with Gasteiger partial charge in [0.25, 0.3) is 0 Å². The number of rotatable bonds is 7. The van der Waals surface area contributed by atoms with Gasteiger partial charge in [0.15, 0.2) is 0 Å². The number of carboxylic acids is 1. The minimum Gasteiger partial charge on any atom is -0.507 e. The highest BCUT2D eigenvalue weighted by Crippen LogP contribution is 2.48. The van der Waals surface area contributed by atoms with E-state index in [-0.39, 0.29) is 17.1 Å². The summed E-state index contributed by atoms with van der Waals surface area (Å²) in [5, 5.41) is 31.6. The summed E-state index contributed by atoms with van der Waals surface area (Å²) in [5.41, 5.74) is 5.88. The zero-order valence-corrected chi connectivity index (χ0v) is 22.7. The molecule has 0 spiro atoms. The molecule has 4 nitrogen and oxygen atoms in total. The van der Waals surface area contributed by atoms with Crippen molar-refractivity contribution in [1.29, 1.82) is 0 Å². The standard InChI is InChI=1S/C38H28O4/c39-35-22-20-31(24-33(35)26-10-4-1-5-11-26)38(29-14-8-3-9-15-29,30-18-16-28(17-19-30)37(41)42)32-21-23-36(40)34(25-32)27-12-6-2-7-13-27/h1-25,39-40H,(H,41,42). The highest BCUT2D eigenvalue weighted by atomic mass is 16.4. The number of benzene rings is 6. The summed E-state index contributed by atoms with van der Waals surface area (Å²) in [6.45, 7) is 0. The van der Waals surface area contributed by atoms with Crippen molar-refractivity contribution >= 4 is 5.97 Å². The van der Waals surface area contributed by atoms with Gasteiger partial charge in [-0.05, 0) is 69.8 Å². The maximum absolute atomic E-state index is 11.8. The summed E-state index contributed by atoms with van der Waals surface area (Å²) >= 11 is 0. The molecule has 6 aromatic rings. The van der Waals surface area contributed by atoms with Crippen molar-refractivity contribution in [3.63, 3.8) is 0 Å². The minimum atomic E-state index is -1.00. The van der Waals surface area contributed by atoms with Gasteiger partial charge < -0.3 is 15.3 Å². The monoisotopic (exact) mass is 548 g/mol. The maximum Gasteiger partial charge on any atom is 0.335 e. The Hall–Kier alpha value is -5.61. The quantitative estimate of drug-likeness (QED) is 0.175. The molecule has 204 valence electrons. The van der Waals surface area contributed by atoms with Crippen LogP contribution in [-0.4, -0.2) is 21.3 Å². The Balaban J connectivity index is 1.72. The second kappa shape index (κ2) is 11.1. The lowest BCUT2D eigenvalue weighted by Gasteiger charge is -2.37. The molecule has 0 saturated carbocycles. The molecule has 42 heavy (non-hydrogen) atoms. The lowest BCUT2D eigenvalue weighted by Crippen LogP contribution is -2.31. The average Bonchev–Trinajstić information content (AvgIpc) is 3.04. The third kappa shape index (κ3) is 4.69. The largest absolute Gasteiger partial charge is 0.507 e. The third-order valence-corrected chi connectivity index (χ3v) is 7.80. The van der Waals surface area contributed by atoms with Gasteiger partial charge in [-0.2, -0.15) is 0 Å². The Kier molecular flexibility index (Phi) is 7.03. The number of hydrogen-bond acceptors (Lipinski definition) is 3. The molecule has 0 atom stereocenters. The molecule has 0 aromatic heterocycles. The number of aromatic hydroxyl groups is 2. The molecule has 0 heterocycles. The van der Waals surface area contributed by atoms with Crippen LogP contribution < -0.4 is 0 Å². The van der Waals surface area contributed by atoms with Crippen molar-refractivity contribution in [2.75, 3.05) is 0 Å². The second-order valence-electron chi connectivity index (χ2n) is 10.2. The fourth-order valence-corrected chi connectivity index (χ4v) is 5.79. The number of hydrogen-bond donors (Lipinski definition) is 3. The zero-order chi connectivity index (χ0) is 29.1. The molecule has 6 aromatic carbocycles. The smallest absolute Gasteiger partial charge is 0.335 e. The normalized spacial score (nSPS) is 11.2. The molecule has 6 rings (SSSR count). The first-order chi connectivity index (χ1) is 20.5. The lowest BCUT2D eigenvalue weighted by atomic mass is 9.64. The van der Waals surface area contributed by atoms with Crippen molar-refractivity contribution in [3.05, 3.63) is 179 Å². The Morgan fingerprint density at radius 1 is 0.452 bits per heavy atom. The van der Waals surface area contributed by atoms with Crippen LogP contribution in [-0.2, 0) is 5.41 Å². The van der Waals surface area contributed by atoms with E-state index in [9.17, 15) is 20.1 Å². The SMILES string of the molecule is O=C(O)c1ccc(C(c2ccccc2)(c2ccc(O)c(-c3ccccc3)c2)c2ccc(O)c(-c3ccccc3)c2)cc1. The summed E-state index contributed by atoms with van der Waals surface area (Å²) in [6.07, 6.45) is 0. The number of aromatic carboxylic acids is 1. The number of phenolic OH excluding ortho intramolecular Hbond substituents is 2. The van der Waals surface area contributed by atoms with Crippen molar-refractivity contribution in [2.45, 2.75) is 5.41 Å². The number of carboxylic acid groups (broad SMARTS) is 1. The van der Waals surface area contributed by atoms with E-state index in [0.29, 0.717) is 11.1 Å². The summed E-state index contributed by atoms with van der Waals surface area (Å²) in [7, 11) is 0. The first-order valence-electron chi connectivity index (χ1n) is 13.7. The van der Waals surface area contributed by atoms with E-state index in [2.05, 4.69) is 12.1 Å². The Labute approximate surface area is 244 Å². The summed E-state index contributed by atoms with van der Waals surface area (Å²) < 4.78 is 0. The van der Waals surface area contributed by atoms with Gasteiger partial charge in [-0.3, -0.25) is 0 Å². The molecule has 0 aliphatic rings. The molecule has 0 aliphatic heterocycles. The van der Waals surface area contributed by atoms with Gasteiger partial charge in [0.05, 0.1) is 11.0 Å². The number of carbonyl (C=O) groups is 1. The highest BCUT2D eigenvalue weighted by molar-refractivity contribution is 5.87. The molecule has 0 amide bonds. The summed E-state index contributed by atoms with van der Waals surface area (Å²) in [5.74, 6) is -0.688. The van der Waals surface area contributed by atoms with E-state index in [0.717, 1.165) is 33.4 Å². The molecule has 0 aliphatic carbocycles. The fourth-order valence-electron chi connectivity index (χ4n) is 5.79. The zero-order valence-electron chi connectivity index (χ0n) is 22.7. The Morgan fingerprint density at radius 2 is 0.833 bits per heavy atom. The van der Waals surface area contributed by atoms with Crippen LogP contribution in [0.4, 0.5) is 0 Å². The fraction of sp³-hybridized carbons (Fsp3) is 0.0263. The molecule has 0 saturated heterocycles. The van der Waals surface area contributed by atoms with Crippen LogP contribution in [0.25, 0.3) is 22.3 Å². The van der Waals surface area contributed by atoms with Gasteiger partial charge in [0, 0.05) is 11.1 Å². The number of phenols is 2. The first kappa shape index (κ1) is 26.6. The molecule has 0 fully saturated rings. The average molecular weight is 549 g/mol. The second-order valence-corrected chi connectivity index (χ2v) is 10.2. The van der Waals surface area contributed by atoms with Crippen LogP contribution in [0.3, 0.4) is 0 Å². The van der Waals surface area contributed by atoms with Crippen LogP contribution in [0.5, 0.6) is 11.5 Å². The topological polar surface area (TPSA) is 77.8 Å². The highest BCUT2D eigenvalue weighted by Gasteiger charge is 2.39. The molecule has 4 heteroatoms. The van der Waals surface area contributed by atoms with Crippen molar-refractivity contribution in [3.8, 4) is 33.8 Å². The summed E-state index contributed by atoms with van der Waals surface area (Å²) in [4.78, 5) is 11.8. The van der Waals surface area contributed by atoms with Gasteiger partial charge in [-0.15, -0.1) is 0 Å². The van der Waals surface area contributed by atoms with E-state index in [1.54, 1.807) is 24.3 Å². The van der Waals surface area contributed by atoms with Crippen molar-refractivity contribution in [2.24, 2.45) is 0 Å². The molecule has 0 radical (unpaired) electrons.